The molecule has 0 aromatic rings. The van der Waals surface area contributed by atoms with Crippen LogP contribution in [0.1, 0.15) is 19.3 Å². The highest BCUT2D eigenvalue weighted by atomic mass is 16.5. The van der Waals surface area contributed by atoms with Gasteiger partial charge in [0.25, 0.3) is 0 Å². The van der Waals surface area contributed by atoms with Crippen molar-refractivity contribution in [3.05, 3.63) is 0 Å². The van der Waals surface area contributed by atoms with Gasteiger partial charge in [-0.25, -0.2) is 0 Å². The Bertz CT molecular complexity index is 267. The number of nitrogens with zero attached hydrogens (tertiary/aromatic N) is 2. The summed E-state index contributed by atoms with van der Waals surface area (Å²) in [6, 6.07) is 0.639. The number of likely N-dealkylation sites (N-methyl/N-ethyl adjacent to an activating group) is 1. The van der Waals surface area contributed by atoms with Crippen molar-refractivity contribution in [2.45, 2.75) is 25.3 Å². The molecule has 5 heteroatoms. The van der Waals surface area contributed by atoms with E-state index in [0.29, 0.717) is 31.6 Å². The van der Waals surface area contributed by atoms with E-state index in [9.17, 15) is 4.79 Å². The third-order valence-corrected chi connectivity index (χ3v) is 3.91. The van der Waals surface area contributed by atoms with E-state index in [-0.39, 0.29) is 0 Å². The van der Waals surface area contributed by atoms with Crippen molar-refractivity contribution in [2.24, 2.45) is 0 Å². The van der Waals surface area contributed by atoms with Crippen LogP contribution in [0.15, 0.2) is 0 Å². The summed E-state index contributed by atoms with van der Waals surface area (Å²) < 4.78 is 5.25. The molecule has 2 rings (SSSR count). The van der Waals surface area contributed by atoms with Gasteiger partial charge in [-0.1, -0.05) is 0 Å². The number of nitrogens with one attached hydrogen (secondary N) is 1. The van der Waals surface area contributed by atoms with Crippen molar-refractivity contribution in [1.82, 2.24) is 15.1 Å². The summed E-state index contributed by atoms with van der Waals surface area (Å²) in [7, 11) is 2.02. The molecular formula is C13H25N3O2. The lowest BCUT2D eigenvalue weighted by molar-refractivity contribution is -0.135. The van der Waals surface area contributed by atoms with Crippen LogP contribution in [0.4, 0.5) is 0 Å². The lowest BCUT2D eigenvalue weighted by Gasteiger charge is -2.27. The molecule has 1 unspecified atom stereocenters. The van der Waals surface area contributed by atoms with Crippen molar-refractivity contribution in [3.63, 3.8) is 0 Å². The fraction of sp³-hybridized carbons (Fsp3) is 0.923. The van der Waals surface area contributed by atoms with Crippen LogP contribution in [0.25, 0.3) is 0 Å². The lowest BCUT2D eigenvalue weighted by atomic mass is 10.2. The summed E-state index contributed by atoms with van der Waals surface area (Å²) in [5.41, 5.74) is 0. The summed E-state index contributed by atoms with van der Waals surface area (Å²) in [4.78, 5) is 16.3. The average molecular weight is 255 g/mol. The zero-order valence-electron chi connectivity index (χ0n) is 11.4. The van der Waals surface area contributed by atoms with Gasteiger partial charge in [-0.2, -0.15) is 0 Å². The Morgan fingerprint density at radius 2 is 2.11 bits per heavy atom. The molecule has 1 atom stereocenters. The van der Waals surface area contributed by atoms with E-state index < -0.39 is 0 Å². The van der Waals surface area contributed by atoms with Gasteiger partial charge in [-0.05, 0) is 33.0 Å². The van der Waals surface area contributed by atoms with E-state index in [4.69, 9.17) is 4.74 Å². The first-order valence-corrected chi connectivity index (χ1v) is 7.04. The number of hydrogen-bond acceptors (Lipinski definition) is 4. The highest BCUT2D eigenvalue weighted by Crippen LogP contribution is 2.10. The minimum Gasteiger partial charge on any atom is -0.378 e. The van der Waals surface area contributed by atoms with Crippen molar-refractivity contribution >= 4 is 5.91 Å². The van der Waals surface area contributed by atoms with Gasteiger partial charge >= 0.3 is 0 Å². The topological polar surface area (TPSA) is 44.8 Å². The molecule has 2 saturated heterocycles. The molecule has 1 amide bonds. The summed E-state index contributed by atoms with van der Waals surface area (Å²) in [5, 5.41) is 3.31. The monoisotopic (exact) mass is 255 g/mol. The standard InChI is InChI=1S/C13H25N3O2/c1-14-12-4-6-15(11-12)5-2-3-13(17)16-7-9-18-10-8-16/h12,14H,2-11H2,1H3. The largest absolute Gasteiger partial charge is 0.378 e. The maximum absolute atomic E-state index is 11.9. The predicted octanol–water partition coefficient (Wildman–Crippen LogP) is -0.0809. The molecule has 104 valence electrons. The molecule has 0 spiro atoms. The van der Waals surface area contributed by atoms with Gasteiger partial charge in [0.1, 0.15) is 0 Å². The number of ether oxygens (including phenoxy) is 1. The Morgan fingerprint density at radius 1 is 1.33 bits per heavy atom. The first-order valence-electron chi connectivity index (χ1n) is 7.04. The zero-order valence-corrected chi connectivity index (χ0v) is 11.4. The molecule has 18 heavy (non-hydrogen) atoms. The first kappa shape index (κ1) is 13.8. The Kier molecular flexibility index (Phi) is 5.41. The molecule has 2 heterocycles. The molecule has 1 N–H and O–H groups in total. The summed E-state index contributed by atoms with van der Waals surface area (Å²) in [6.07, 6.45) is 2.89. The van der Waals surface area contributed by atoms with Crippen LogP contribution >= 0.6 is 0 Å². The molecule has 0 bridgehead atoms. The highest BCUT2D eigenvalue weighted by molar-refractivity contribution is 5.76. The van der Waals surface area contributed by atoms with Crippen LogP contribution in [-0.4, -0.2) is 74.7 Å². The number of hydrogen-bond donors (Lipinski definition) is 1. The van der Waals surface area contributed by atoms with Gasteiger partial charge in [0.05, 0.1) is 13.2 Å². The van der Waals surface area contributed by atoms with E-state index in [1.807, 2.05) is 11.9 Å². The second kappa shape index (κ2) is 7.07. The number of likely N-dealkylation sites (tertiary alicyclic amines) is 1. The minimum absolute atomic E-state index is 0.294. The fourth-order valence-electron chi connectivity index (χ4n) is 2.70. The van der Waals surface area contributed by atoms with Gasteiger partial charge in [0, 0.05) is 32.1 Å². The van der Waals surface area contributed by atoms with Crippen molar-refractivity contribution < 1.29 is 9.53 Å². The van der Waals surface area contributed by atoms with E-state index in [1.54, 1.807) is 0 Å². The smallest absolute Gasteiger partial charge is 0.222 e. The van der Waals surface area contributed by atoms with Crippen LogP contribution < -0.4 is 5.32 Å². The number of morpholine rings is 1. The Balaban J connectivity index is 1.58. The molecule has 0 aromatic carbocycles. The van der Waals surface area contributed by atoms with Crippen LogP contribution in [0.2, 0.25) is 0 Å². The molecule has 0 aromatic heterocycles. The molecule has 2 aliphatic heterocycles. The first-order chi connectivity index (χ1) is 8.79. The number of carbonyl (C=O) groups excluding carboxylic acids is 1. The van der Waals surface area contributed by atoms with Crippen molar-refractivity contribution in [1.29, 1.82) is 0 Å². The van der Waals surface area contributed by atoms with Gasteiger partial charge in [0.2, 0.25) is 5.91 Å². The van der Waals surface area contributed by atoms with Crippen LogP contribution in [0, 0.1) is 0 Å². The molecular weight excluding hydrogens is 230 g/mol. The van der Waals surface area contributed by atoms with Crippen molar-refractivity contribution in [3.8, 4) is 0 Å². The molecule has 5 nitrogen and oxygen atoms in total. The fourth-order valence-corrected chi connectivity index (χ4v) is 2.70. The van der Waals surface area contributed by atoms with Gasteiger partial charge in [0.15, 0.2) is 0 Å². The molecule has 0 radical (unpaired) electrons. The SMILES string of the molecule is CNC1CCN(CCCC(=O)N2CCOCC2)C1. The van der Waals surface area contributed by atoms with Crippen LogP contribution in [0.3, 0.4) is 0 Å². The van der Waals surface area contributed by atoms with Crippen LogP contribution in [0.5, 0.6) is 0 Å². The molecule has 0 saturated carbocycles. The lowest BCUT2D eigenvalue weighted by Crippen LogP contribution is -2.40. The quantitative estimate of drug-likeness (QED) is 0.746. The molecule has 0 aliphatic carbocycles. The second-order valence-corrected chi connectivity index (χ2v) is 5.17. The molecule has 2 aliphatic rings. The number of rotatable bonds is 5. The Hall–Kier alpha value is -0.650. The van der Waals surface area contributed by atoms with E-state index >= 15 is 0 Å². The number of amides is 1. The number of carbonyl (C=O) groups is 1. The third kappa shape index (κ3) is 3.93. The van der Waals surface area contributed by atoms with E-state index in [2.05, 4.69) is 10.2 Å². The Morgan fingerprint density at radius 3 is 2.78 bits per heavy atom. The van der Waals surface area contributed by atoms with Gasteiger partial charge < -0.3 is 19.9 Å². The minimum atomic E-state index is 0.294. The summed E-state index contributed by atoms with van der Waals surface area (Å²) >= 11 is 0. The zero-order chi connectivity index (χ0) is 12.8. The molecule has 2 fully saturated rings. The van der Waals surface area contributed by atoms with E-state index in [1.165, 1.54) is 6.42 Å². The normalized spacial score (nSPS) is 25.6. The van der Waals surface area contributed by atoms with Crippen LogP contribution in [-0.2, 0) is 9.53 Å². The third-order valence-electron chi connectivity index (χ3n) is 3.91. The predicted molar refractivity (Wildman–Crippen MR) is 70.5 cm³/mol. The second-order valence-electron chi connectivity index (χ2n) is 5.17. The summed E-state index contributed by atoms with van der Waals surface area (Å²) in [6.45, 7) is 6.27. The van der Waals surface area contributed by atoms with E-state index in [0.717, 1.165) is 39.1 Å². The maximum atomic E-state index is 11.9. The van der Waals surface area contributed by atoms with Crippen molar-refractivity contribution in [2.75, 3.05) is 53.0 Å². The van der Waals surface area contributed by atoms with Gasteiger partial charge in [-0.15, -0.1) is 0 Å². The summed E-state index contributed by atoms with van der Waals surface area (Å²) in [5.74, 6) is 0.294. The highest BCUT2D eigenvalue weighted by Gasteiger charge is 2.21. The Labute approximate surface area is 109 Å². The maximum Gasteiger partial charge on any atom is 0.222 e. The average Bonchev–Trinajstić information content (AvgIpc) is 2.87. The van der Waals surface area contributed by atoms with Gasteiger partial charge in [-0.3, -0.25) is 4.79 Å².